The van der Waals surface area contributed by atoms with Crippen LogP contribution in [0.1, 0.15) is 22.3 Å². The van der Waals surface area contributed by atoms with Crippen LogP contribution in [-0.4, -0.2) is 34.0 Å². The molecule has 1 unspecified atom stereocenters. The molecule has 1 saturated heterocycles. The summed E-state index contributed by atoms with van der Waals surface area (Å²) in [7, 11) is 0. The number of carboxylic acids is 1. The van der Waals surface area contributed by atoms with Crippen molar-refractivity contribution in [2.24, 2.45) is 0 Å². The minimum Gasteiger partial charge on any atom is -0.479 e. The van der Waals surface area contributed by atoms with Gasteiger partial charge in [0, 0.05) is 11.1 Å². The average molecular weight is 271 g/mol. The monoisotopic (exact) mass is 271 g/mol. The smallest absolute Gasteiger partial charge is 0.330 e. The third-order valence-corrected chi connectivity index (χ3v) is 4.94. The Morgan fingerprint density at radius 2 is 2.24 bits per heavy atom. The molecule has 1 atom stereocenters. The number of carbonyl (C=O) groups excluding carboxylic acids is 1. The molecule has 1 fully saturated rings. The van der Waals surface area contributed by atoms with E-state index in [-0.39, 0.29) is 5.91 Å². The number of hydrogen-bond acceptors (Lipinski definition) is 4. The fraction of sp³-hybridized carbons (Fsp3) is 0.455. The molecule has 2 heterocycles. The Bertz CT molecular complexity index is 449. The molecule has 1 aromatic rings. The van der Waals surface area contributed by atoms with Gasteiger partial charge in [-0.1, -0.05) is 0 Å². The van der Waals surface area contributed by atoms with Crippen molar-refractivity contribution in [3.63, 3.8) is 0 Å². The van der Waals surface area contributed by atoms with Gasteiger partial charge in [0.2, 0.25) is 0 Å². The molecular formula is C11H13NO3S2. The van der Waals surface area contributed by atoms with E-state index < -0.39 is 11.5 Å². The Hall–Kier alpha value is -1.01. The van der Waals surface area contributed by atoms with Crippen molar-refractivity contribution in [1.82, 2.24) is 5.32 Å². The molecule has 0 aromatic carbocycles. The van der Waals surface area contributed by atoms with Gasteiger partial charge in [0.15, 0.2) is 0 Å². The Balaban J connectivity index is 2.17. The summed E-state index contributed by atoms with van der Waals surface area (Å²) in [6.07, 6.45) is 0.488. The summed E-state index contributed by atoms with van der Waals surface area (Å²) in [6.45, 7) is 1.85. The van der Waals surface area contributed by atoms with Crippen molar-refractivity contribution in [3.8, 4) is 0 Å². The minimum absolute atomic E-state index is 0.284. The molecule has 92 valence electrons. The number of carboxylic acid groups (broad SMARTS) is 1. The van der Waals surface area contributed by atoms with E-state index in [0.717, 1.165) is 11.3 Å². The summed E-state index contributed by atoms with van der Waals surface area (Å²) in [5.74, 6) is -0.00991. The Labute approximate surface area is 107 Å². The topological polar surface area (TPSA) is 66.4 Å². The second-order valence-corrected chi connectivity index (χ2v) is 5.96. The van der Waals surface area contributed by atoms with Crippen LogP contribution in [0.2, 0.25) is 0 Å². The number of aryl methyl sites for hydroxylation is 1. The number of rotatable bonds is 3. The summed E-state index contributed by atoms with van der Waals surface area (Å²) in [4.78, 5) is 23.3. The van der Waals surface area contributed by atoms with Crippen LogP contribution in [0.3, 0.4) is 0 Å². The van der Waals surface area contributed by atoms with Gasteiger partial charge in [0.05, 0.1) is 5.56 Å². The predicted octanol–water partition coefficient (Wildman–Crippen LogP) is 1.75. The molecule has 1 amide bonds. The summed E-state index contributed by atoms with van der Waals surface area (Å²) in [6, 6.07) is 0. The third kappa shape index (κ3) is 2.32. The zero-order valence-electron chi connectivity index (χ0n) is 9.36. The van der Waals surface area contributed by atoms with Crippen molar-refractivity contribution in [3.05, 3.63) is 21.9 Å². The van der Waals surface area contributed by atoms with Gasteiger partial charge in [0.1, 0.15) is 5.54 Å². The molecule has 0 radical (unpaired) electrons. The van der Waals surface area contributed by atoms with Crippen molar-refractivity contribution in [2.75, 3.05) is 11.5 Å². The molecule has 1 aliphatic heterocycles. The van der Waals surface area contributed by atoms with Crippen LogP contribution in [0, 0.1) is 6.92 Å². The van der Waals surface area contributed by atoms with E-state index in [1.54, 1.807) is 17.1 Å². The summed E-state index contributed by atoms with van der Waals surface area (Å²) in [5.41, 5.74) is 0.377. The Kier molecular flexibility index (Phi) is 3.44. The first kappa shape index (κ1) is 12.4. The van der Waals surface area contributed by atoms with Crippen molar-refractivity contribution < 1.29 is 14.7 Å². The lowest BCUT2D eigenvalue weighted by Gasteiger charge is -2.24. The van der Waals surface area contributed by atoms with Gasteiger partial charge in [-0.2, -0.15) is 23.1 Å². The van der Waals surface area contributed by atoms with Gasteiger partial charge in [0.25, 0.3) is 5.91 Å². The zero-order valence-corrected chi connectivity index (χ0v) is 11.0. The first-order valence-corrected chi connectivity index (χ1v) is 7.31. The zero-order chi connectivity index (χ0) is 12.5. The molecule has 0 spiro atoms. The highest BCUT2D eigenvalue weighted by atomic mass is 32.2. The van der Waals surface area contributed by atoms with Crippen molar-refractivity contribution in [2.45, 2.75) is 18.9 Å². The highest BCUT2D eigenvalue weighted by Gasteiger charge is 2.43. The SMILES string of the molecule is Cc1cscc1C(=O)NC1(C(=O)O)CCSC1. The molecule has 0 bridgehead atoms. The molecule has 17 heavy (non-hydrogen) atoms. The quantitative estimate of drug-likeness (QED) is 0.879. The largest absolute Gasteiger partial charge is 0.479 e. The maximum absolute atomic E-state index is 12.0. The summed E-state index contributed by atoms with van der Waals surface area (Å²) < 4.78 is 0. The van der Waals surface area contributed by atoms with Crippen LogP contribution in [0.4, 0.5) is 0 Å². The molecule has 1 aromatic heterocycles. The maximum Gasteiger partial charge on any atom is 0.330 e. The Morgan fingerprint density at radius 1 is 1.47 bits per heavy atom. The molecule has 0 saturated carbocycles. The normalized spacial score (nSPS) is 23.6. The van der Waals surface area contributed by atoms with Crippen LogP contribution in [-0.2, 0) is 4.79 Å². The standard InChI is InChI=1S/C11H13NO3S2/c1-7-4-17-5-8(7)9(13)12-11(10(14)15)2-3-16-6-11/h4-5H,2-3,6H2,1H3,(H,12,13)(H,14,15). The molecule has 2 N–H and O–H groups in total. The van der Waals surface area contributed by atoms with Crippen molar-refractivity contribution in [1.29, 1.82) is 0 Å². The van der Waals surface area contributed by atoms with Crippen LogP contribution < -0.4 is 5.32 Å². The van der Waals surface area contributed by atoms with Crippen LogP contribution >= 0.6 is 23.1 Å². The molecule has 4 nitrogen and oxygen atoms in total. The van der Waals surface area contributed by atoms with Gasteiger partial charge in [-0.05, 0) is 30.0 Å². The number of thiophene rings is 1. The van der Waals surface area contributed by atoms with Gasteiger partial charge < -0.3 is 10.4 Å². The van der Waals surface area contributed by atoms with Crippen LogP contribution in [0.25, 0.3) is 0 Å². The molecule has 6 heteroatoms. The summed E-state index contributed by atoms with van der Waals surface area (Å²) in [5, 5.41) is 15.6. The fourth-order valence-corrected chi connectivity index (χ4v) is 3.92. The van der Waals surface area contributed by atoms with Crippen LogP contribution in [0.5, 0.6) is 0 Å². The summed E-state index contributed by atoms with van der Waals surface area (Å²) >= 11 is 3.01. The number of thioether (sulfide) groups is 1. The van der Waals surface area contributed by atoms with Gasteiger partial charge in [-0.15, -0.1) is 0 Å². The number of carbonyl (C=O) groups is 2. The maximum atomic E-state index is 12.0. The lowest BCUT2D eigenvalue weighted by Crippen LogP contribution is -2.54. The first-order chi connectivity index (χ1) is 8.05. The third-order valence-electron chi connectivity index (χ3n) is 2.88. The van der Waals surface area contributed by atoms with E-state index in [1.165, 1.54) is 11.3 Å². The number of aliphatic carboxylic acids is 1. The minimum atomic E-state index is -1.09. The van der Waals surface area contributed by atoms with Crippen LogP contribution in [0.15, 0.2) is 10.8 Å². The lowest BCUT2D eigenvalue weighted by molar-refractivity contribution is -0.143. The van der Waals surface area contributed by atoms with Gasteiger partial charge in [-0.25, -0.2) is 4.79 Å². The van der Waals surface area contributed by atoms with E-state index in [0.29, 0.717) is 17.7 Å². The van der Waals surface area contributed by atoms with E-state index in [2.05, 4.69) is 5.32 Å². The number of hydrogen-bond donors (Lipinski definition) is 2. The number of amides is 1. The van der Waals surface area contributed by atoms with E-state index in [9.17, 15) is 14.7 Å². The van der Waals surface area contributed by atoms with Gasteiger partial charge >= 0.3 is 5.97 Å². The van der Waals surface area contributed by atoms with Crippen molar-refractivity contribution >= 4 is 35.0 Å². The molecule has 0 aliphatic carbocycles. The molecular weight excluding hydrogens is 258 g/mol. The van der Waals surface area contributed by atoms with E-state index in [4.69, 9.17) is 0 Å². The second-order valence-electron chi connectivity index (χ2n) is 4.11. The van der Waals surface area contributed by atoms with E-state index in [1.807, 2.05) is 12.3 Å². The molecule has 2 rings (SSSR count). The predicted molar refractivity (Wildman–Crippen MR) is 68.8 cm³/mol. The average Bonchev–Trinajstić information content (AvgIpc) is 2.87. The lowest BCUT2D eigenvalue weighted by atomic mass is 9.98. The molecule has 1 aliphatic rings. The van der Waals surface area contributed by atoms with Gasteiger partial charge in [-0.3, -0.25) is 4.79 Å². The highest BCUT2D eigenvalue weighted by Crippen LogP contribution is 2.29. The second kappa shape index (κ2) is 4.70. The Morgan fingerprint density at radius 3 is 2.71 bits per heavy atom. The first-order valence-electron chi connectivity index (χ1n) is 5.22. The van der Waals surface area contributed by atoms with E-state index >= 15 is 0 Å². The number of nitrogens with one attached hydrogen (secondary N) is 1. The highest BCUT2D eigenvalue weighted by molar-refractivity contribution is 7.99. The fourth-order valence-electron chi connectivity index (χ4n) is 1.76.